The maximum absolute atomic E-state index is 3.74. The van der Waals surface area contributed by atoms with E-state index >= 15 is 0 Å². The van der Waals surface area contributed by atoms with E-state index in [0.717, 1.165) is 18.4 Å². The average Bonchev–Trinajstić information content (AvgIpc) is 2.16. The first-order valence-corrected chi connectivity index (χ1v) is 6.87. The summed E-state index contributed by atoms with van der Waals surface area (Å²) >= 11 is 0. The molecule has 0 amide bonds. The molecule has 1 aliphatic rings. The van der Waals surface area contributed by atoms with Crippen molar-refractivity contribution >= 4 is 0 Å². The highest BCUT2D eigenvalue weighted by atomic mass is 15.3. The first-order chi connectivity index (χ1) is 7.38. The smallest absolute Gasteiger partial charge is 0.0278 e. The van der Waals surface area contributed by atoms with E-state index in [2.05, 4.69) is 51.8 Å². The van der Waals surface area contributed by atoms with Gasteiger partial charge in [0.25, 0.3) is 0 Å². The largest absolute Gasteiger partial charge is 0.309 e. The van der Waals surface area contributed by atoms with Gasteiger partial charge in [-0.15, -0.1) is 0 Å². The Hall–Kier alpha value is -0.0800. The Morgan fingerprint density at radius 2 is 1.94 bits per heavy atom. The van der Waals surface area contributed by atoms with E-state index < -0.39 is 0 Å². The monoisotopic (exact) mass is 226 g/mol. The summed E-state index contributed by atoms with van der Waals surface area (Å²) in [4.78, 5) is 2.70. The van der Waals surface area contributed by atoms with Gasteiger partial charge in [0, 0.05) is 31.2 Å². The van der Waals surface area contributed by atoms with Crippen LogP contribution in [-0.2, 0) is 0 Å². The van der Waals surface area contributed by atoms with Crippen molar-refractivity contribution in [3.05, 3.63) is 0 Å². The molecule has 1 aliphatic heterocycles. The molecule has 0 aromatic carbocycles. The fourth-order valence-corrected chi connectivity index (χ4v) is 2.66. The van der Waals surface area contributed by atoms with Crippen molar-refractivity contribution in [1.82, 2.24) is 10.2 Å². The molecule has 1 fully saturated rings. The van der Waals surface area contributed by atoms with E-state index in [4.69, 9.17) is 0 Å². The van der Waals surface area contributed by atoms with Crippen molar-refractivity contribution in [3.63, 3.8) is 0 Å². The lowest BCUT2D eigenvalue weighted by Crippen LogP contribution is -2.64. The molecule has 1 N–H and O–H groups in total. The summed E-state index contributed by atoms with van der Waals surface area (Å²) in [5, 5.41) is 3.74. The van der Waals surface area contributed by atoms with Gasteiger partial charge < -0.3 is 5.32 Å². The third-order valence-corrected chi connectivity index (χ3v) is 3.91. The lowest BCUT2D eigenvalue weighted by Gasteiger charge is -2.48. The summed E-state index contributed by atoms with van der Waals surface area (Å²) in [5.41, 5.74) is 0.320. The molecule has 0 aromatic rings. The first kappa shape index (κ1) is 14.0. The van der Waals surface area contributed by atoms with Crippen LogP contribution in [0.4, 0.5) is 0 Å². The number of nitrogens with one attached hydrogen (secondary N) is 1. The molecular weight excluding hydrogens is 196 g/mol. The van der Waals surface area contributed by atoms with Crippen LogP contribution in [0.2, 0.25) is 0 Å². The molecule has 1 heterocycles. The van der Waals surface area contributed by atoms with Gasteiger partial charge in [0.05, 0.1) is 0 Å². The number of rotatable bonds is 4. The maximum atomic E-state index is 3.74. The molecule has 2 atom stereocenters. The van der Waals surface area contributed by atoms with Crippen molar-refractivity contribution in [1.29, 1.82) is 0 Å². The molecule has 0 aromatic heterocycles. The van der Waals surface area contributed by atoms with Gasteiger partial charge >= 0.3 is 0 Å². The van der Waals surface area contributed by atoms with E-state index in [9.17, 15) is 0 Å². The van der Waals surface area contributed by atoms with Gasteiger partial charge in [-0.2, -0.15) is 0 Å². The van der Waals surface area contributed by atoms with E-state index in [-0.39, 0.29) is 0 Å². The second-order valence-corrected chi connectivity index (χ2v) is 6.43. The molecule has 0 saturated carbocycles. The van der Waals surface area contributed by atoms with Crippen molar-refractivity contribution in [3.8, 4) is 0 Å². The SMILES string of the molecule is CCC1(C)CN(CC(C)C)C(C(C)C)CN1. The number of hydrogen-bond acceptors (Lipinski definition) is 2. The van der Waals surface area contributed by atoms with Gasteiger partial charge in [0.1, 0.15) is 0 Å². The van der Waals surface area contributed by atoms with E-state index in [1.165, 1.54) is 19.5 Å². The summed E-state index contributed by atoms with van der Waals surface area (Å²) in [6, 6.07) is 0.710. The highest BCUT2D eigenvalue weighted by Gasteiger charge is 2.35. The Bertz CT molecular complexity index is 213. The third-order valence-electron chi connectivity index (χ3n) is 3.91. The molecule has 1 rings (SSSR count). The normalized spacial score (nSPS) is 32.6. The van der Waals surface area contributed by atoms with Crippen LogP contribution in [0.5, 0.6) is 0 Å². The Labute approximate surface area is 102 Å². The predicted octanol–water partition coefficient (Wildman–Crippen LogP) is 2.74. The molecule has 0 bridgehead atoms. The molecule has 0 radical (unpaired) electrons. The quantitative estimate of drug-likeness (QED) is 0.793. The zero-order chi connectivity index (χ0) is 12.3. The van der Waals surface area contributed by atoms with Crippen LogP contribution in [0.15, 0.2) is 0 Å². The summed E-state index contributed by atoms with van der Waals surface area (Å²) in [6.07, 6.45) is 1.21. The minimum atomic E-state index is 0.320. The van der Waals surface area contributed by atoms with E-state index in [1.54, 1.807) is 0 Å². The highest BCUT2D eigenvalue weighted by Crippen LogP contribution is 2.23. The summed E-state index contributed by atoms with van der Waals surface area (Å²) in [5.74, 6) is 1.51. The topological polar surface area (TPSA) is 15.3 Å². The summed E-state index contributed by atoms with van der Waals surface area (Å²) in [7, 11) is 0. The van der Waals surface area contributed by atoms with Gasteiger partial charge in [0.2, 0.25) is 0 Å². The zero-order valence-electron chi connectivity index (χ0n) is 12.0. The molecule has 1 saturated heterocycles. The second kappa shape index (κ2) is 5.50. The Balaban J connectivity index is 2.69. The molecule has 0 spiro atoms. The molecular formula is C14H30N2. The molecule has 2 unspecified atom stereocenters. The standard InChI is InChI=1S/C14H30N2/c1-7-14(6)10-16(9-11(2)3)13(8-15-14)12(4)5/h11-13,15H,7-10H2,1-6H3. The van der Waals surface area contributed by atoms with Gasteiger partial charge in [-0.1, -0.05) is 34.6 Å². The highest BCUT2D eigenvalue weighted by molar-refractivity contribution is 4.95. The van der Waals surface area contributed by atoms with Crippen LogP contribution >= 0.6 is 0 Å². The lowest BCUT2D eigenvalue weighted by molar-refractivity contribution is 0.0511. The van der Waals surface area contributed by atoms with Crippen LogP contribution in [0.3, 0.4) is 0 Å². The summed E-state index contributed by atoms with van der Waals surface area (Å²) in [6.45, 7) is 17.6. The van der Waals surface area contributed by atoms with E-state index in [0.29, 0.717) is 11.6 Å². The maximum Gasteiger partial charge on any atom is 0.0278 e. The minimum absolute atomic E-state index is 0.320. The Kier molecular flexibility index (Phi) is 4.81. The Morgan fingerprint density at radius 1 is 1.31 bits per heavy atom. The van der Waals surface area contributed by atoms with Crippen LogP contribution in [0.25, 0.3) is 0 Å². The van der Waals surface area contributed by atoms with Crippen LogP contribution in [-0.4, -0.2) is 36.1 Å². The molecule has 2 heteroatoms. The third kappa shape index (κ3) is 3.46. The number of hydrogen-bond donors (Lipinski definition) is 1. The first-order valence-electron chi connectivity index (χ1n) is 6.87. The fourth-order valence-electron chi connectivity index (χ4n) is 2.66. The second-order valence-electron chi connectivity index (χ2n) is 6.43. The van der Waals surface area contributed by atoms with Crippen LogP contribution < -0.4 is 5.32 Å². The van der Waals surface area contributed by atoms with Crippen LogP contribution in [0, 0.1) is 11.8 Å². The van der Waals surface area contributed by atoms with Crippen molar-refractivity contribution < 1.29 is 0 Å². The van der Waals surface area contributed by atoms with Gasteiger partial charge in [-0.25, -0.2) is 0 Å². The van der Waals surface area contributed by atoms with E-state index in [1.807, 2.05) is 0 Å². The van der Waals surface area contributed by atoms with Gasteiger partial charge in [0.15, 0.2) is 0 Å². The number of piperazine rings is 1. The van der Waals surface area contributed by atoms with Crippen molar-refractivity contribution in [2.24, 2.45) is 11.8 Å². The Morgan fingerprint density at radius 3 is 2.38 bits per heavy atom. The van der Waals surface area contributed by atoms with Crippen molar-refractivity contribution in [2.45, 2.75) is 59.5 Å². The molecule has 96 valence electrons. The van der Waals surface area contributed by atoms with Gasteiger partial charge in [-0.3, -0.25) is 4.90 Å². The molecule has 16 heavy (non-hydrogen) atoms. The zero-order valence-corrected chi connectivity index (χ0v) is 12.0. The number of nitrogens with zero attached hydrogens (tertiary/aromatic N) is 1. The lowest BCUT2D eigenvalue weighted by atomic mass is 9.89. The van der Waals surface area contributed by atoms with Crippen LogP contribution in [0.1, 0.15) is 48.0 Å². The molecule has 2 nitrogen and oxygen atoms in total. The minimum Gasteiger partial charge on any atom is -0.309 e. The fraction of sp³-hybridized carbons (Fsp3) is 1.00. The predicted molar refractivity (Wildman–Crippen MR) is 71.7 cm³/mol. The van der Waals surface area contributed by atoms with Gasteiger partial charge in [-0.05, 0) is 25.2 Å². The average molecular weight is 226 g/mol. The van der Waals surface area contributed by atoms with Crippen molar-refractivity contribution in [2.75, 3.05) is 19.6 Å². The molecule has 0 aliphatic carbocycles. The summed E-state index contributed by atoms with van der Waals surface area (Å²) < 4.78 is 0.